The number of carbonyl (C=O) groups is 1. The number of aliphatic hydroxyl groups excluding tert-OH is 1. The van der Waals surface area contributed by atoms with Gasteiger partial charge in [-0.1, -0.05) is 30.3 Å². The molecule has 0 saturated carbocycles. The monoisotopic (exact) mass is 327 g/mol. The molecule has 0 radical (unpaired) electrons. The van der Waals surface area contributed by atoms with Crippen LogP contribution in [0.15, 0.2) is 30.3 Å². The van der Waals surface area contributed by atoms with E-state index in [0.29, 0.717) is 0 Å². The molecule has 1 saturated heterocycles. The van der Waals surface area contributed by atoms with Crippen molar-refractivity contribution < 1.29 is 28.5 Å². The van der Waals surface area contributed by atoms with Gasteiger partial charge in [0.15, 0.2) is 12.5 Å². The Hall–Kier alpha value is -1.54. The topological polar surface area (TPSA) is 77.0 Å². The number of benzene rings is 1. The molecule has 0 spiro atoms. The summed E-state index contributed by atoms with van der Waals surface area (Å²) in [4.78, 5) is 11.4. The van der Waals surface area contributed by atoms with Crippen LogP contribution in [-0.2, 0) is 25.6 Å². The van der Waals surface area contributed by atoms with Crippen LogP contribution in [0.25, 0.3) is 0 Å². The molecule has 1 fully saturated rings. The van der Waals surface area contributed by atoms with Gasteiger partial charge in [-0.15, -0.1) is 0 Å². The van der Waals surface area contributed by atoms with Crippen LogP contribution in [0.1, 0.15) is 12.5 Å². The van der Waals surface area contributed by atoms with Crippen molar-refractivity contribution in [2.75, 3.05) is 13.7 Å². The van der Waals surface area contributed by atoms with Gasteiger partial charge in [0.05, 0.1) is 13.2 Å². The van der Waals surface area contributed by atoms with E-state index < -0.39 is 37.3 Å². The molecule has 1 aromatic carbocycles. The number of amides is 1. The summed E-state index contributed by atoms with van der Waals surface area (Å²) in [6.07, 6.45) is -4.53. The fraction of sp³-hybridized carbons (Fsp3) is 0.562. The van der Waals surface area contributed by atoms with E-state index in [-0.39, 0.29) is 12.5 Å². The van der Waals surface area contributed by atoms with Gasteiger partial charge in [0, 0.05) is 14.0 Å². The highest BCUT2D eigenvalue weighted by atomic mass is 19.1. The number of hydrogen-bond acceptors (Lipinski definition) is 5. The lowest BCUT2D eigenvalue weighted by Crippen LogP contribution is -2.63. The van der Waals surface area contributed by atoms with Crippen molar-refractivity contribution in [3.05, 3.63) is 35.9 Å². The third-order valence-electron chi connectivity index (χ3n) is 3.70. The maximum absolute atomic E-state index is 14.3. The Labute approximate surface area is 134 Å². The first-order chi connectivity index (χ1) is 11.1. The van der Waals surface area contributed by atoms with Crippen LogP contribution in [-0.4, -0.2) is 55.4 Å². The van der Waals surface area contributed by atoms with E-state index in [1.807, 2.05) is 30.3 Å². The summed E-state index contributed by atoms with van der Waals surface area (Å²) in [6.45, 7) is 1.05. The summed E-state index contributed by atoms with van der Waals surface area (Å²) in [7, 11) is 1.35. The standard InChI is InChI=1S/C16H22FNO5/c1-10(20)18-14-15(21-2)13(17)12(8-19)23-16(14)22-9-11-6-4-3-5-7-11/h3-7,12-16,19H,8-9H2,1-2H3,(H,18,20)/t12-,13-,14-,15+,16+/m1/s1. The molecule has 0 aliphatic carbocycles. The molecule has 1 aliphatic rings. The normalized spacial score (nSPS) is 30.9. The maximum atomic E-state index is 14.3. The molecule has 5 atom stereocenters. The van der Waals surface area contributed by atoms with E-state index >= 15 is 0 Å². The summed E-state index contributed by atoms with van der Waals surface area (Å²) in [6, 6.07) is 8.59. The summed E-state index contributed by atoms with van der Waals surface area (Å²) >= 11 is 0. The Morgan fingerprint density at radius 2 is 2.09 bits per heavy atom. The Bertz CT molecular complexity index is 501. The average Bonchev–Trinajstić information content (AvgIpc) is 2.55. The van der Waals surface area contributed by atoms with Gasteiger partial charge in [-0.05, 0) is 5.56 Å². The minimum Gasteiger partial charge on any atom is -0.394 e. The van der Waals surface area contributed by atoms with Gasteiger partial charge in [-0.25, -0.2) is 4.39 Å². The number of halogens is 1. The summed E-state index contributed by atoms with van der Waals surface area (Å²) in [5, 5.41) is 11.9. The third kappa shape index (κ3) is 4.48. The minimum atomic E-state index is -1.57. The molecule has 1 amide bonds. The molecule has 23 heavy (non-hydrogen) atoms. The number of ether oxygens (including phenoxy) is 3. The largest absolute Gasteiger partial charge is 0.394 e. The van der Waals surface area contributed by atoms with Crippen LogP contribution < -0.4 is 5.32 Å². The molecule has 0 unspecified atom stereocenters. The van der Waals surface area contributed by atoms with Gasteiger partial charge in [-0.3, -0.25) is 4.79 Å². The van der Waals surface area contributed by atoms with Crippen LogP contribution in [0.2, 0.25) is 0 Å². The van der Waals surface area contributed by atoms with Gasteiger partial charge in [0.25, 0.3) is 0 Å². The lowest BCUT2D eigenvalue weighted by atomic mass is 9.97. The number of nitrogens with one attached hydrogen (secondary N) is 1. The van der Waals surface area contributed by atoms with Crippen LogP contribution in [0.3, 0.4) is 0 Å². The number of hydrogen-bond donors (Lipinski definition) is 2. The summed E-state index contributed by atoms with van der Waals surface area (Å²) < 4.78 is 30.7. The molecular formula is C16H22FNO5. The predicted molar refractivity (Wildman–Crippen MR) is 80.3 cm³/mol. The van der Waals surface area contributed by atoms with E-state index in [1.165, 1.54) is 14.0 Å². The lowest BCUT2D eigenvalue weighted by molar-refractivity contribution is -0.265. The van der Waals surface area contributed by atoms with E-state index in [1.54, 1.807) is 0 Å². The van der Waals surface area contributed by atoms with Gasteiger partial charge in [0.2, 0.25) is 5.91 Å². The molecule has 0 aromatic heterocycles. The number of methoxy groups -OCH3 is 1. The summed E-state index contributed by atoms with van der Waals surface area (Å²) in [5.41, 5.74) is 0.912. The molecule has 6 nitrogen and oxygen atoms in total. The van der Waals surface area contributed by atoms with Crippen molar-refractivity contribution in [2.24, 2.45) is 0 Å². The van der Waals surface area contributed by atoms with Crippen LogP contribution in [0.4, 0.5) is 4.39 Å². The fourth-order valence-corrected chi connectivity index (χ4v) is 2.60. The number of alkyl halides is 1. The highest BCUT2D eigenvalue weighted by molar-refractivity contribution is 5.73. The van der Waals surface area contributed by atoms with Crippen molar-refractivity contribution in [1.29, 1.82) is 0 Å². The first-order valence-electron chi connectivity index (χ1n) is 7.42. The van der Waals surface area contributed by atoms with Crippen molar-refractivity contribution in [2.45, 2.75) is 44.2 Å². The van der Waals surface area contributed by atoms with Gasteiger partial charge >= 0.3 is 0 Å². The predicted octanol–water partition coefficient (Wildman–Crippen LogP) is 0.778. The van der Waals surface area contributed by atoms with Crippen molar-refractivity contribution >= 4 is 5.91 Å². The fourth-order valence-electron chi connectivity index (χ4n) is 2.60. The average molecular weight is 327 g/mol. The second-order valence-corrected chi connectivity index (χ2v) is 5.39. The molecule has 0 bridgehead atoms. The number of rotatable bonds is 6. The first kappa shape index (κ1) is 17.8. The zero-order valence-electron chi connectivity index (χ0n) is 13.1. The second kappa shape index (κ2) is 8.35. The molecule has 7 heteroatoms. The molecule has 2 rings (SSSR count). The Morgan fingerprint density at radius 1 is 1.39 bits per heavy atom. The van der Waals surface area contributed by atoms with E-state index in [0.717, 1.165) is 5.56 Å². The quantitative estimate of drug-likeness (QED) is 0.807. The molecule has 1 heterocycles. The van der Waals surface area contributed by atoms with E-state index in [2.05, 4.69) is 5.32 Å². The van der Waals surface area contributed by atoms with E-state index in [4.69, 9.17) is 14.2 Å². The highest BCUT2D eigenvalue weighted by Gasteiger charge is 2.47. The third-order valence-corrected chi connectivity index (χ3v) is 3.70. The molecule has 128 valence electrons. The second-order valence-electron chi connectivity index (χ2n) is 5.39. The van der Waals surface area contributed by atoms with E-state index in [9.17, 15) is 14.3 Å². The van der Waals surface area contributed by atoms with Gasteiger partial charge in [-0.2, -0.15) is 0 Å². The van der Waals surface area contributed by atoms with Crippen LogP contribution >= 0.6 is 0 Å². The zero-order valence-corrected chi connectivity index (χ0v) is 13.1. The summed E-state index contributed by atoms with van der Waals surface area (Å²) in [5.74, 6) is -0.344. The zero-order chi connectivity index (χ0) is 16.8. The highest BCUT2D eigenvalue weighted by Crippen LogP contribution is 2.27. The Morgan fingerprint density at radius 3 is 2.65 bits per heavy atom. The Kier molecular flexibility index (Phi) is 6.47. The van der Waals surface area contributed by atoms with Gasteiger partial charge in [0.1, 0.15) is 18.2 Å². The van der Waals surface area contributed by atoms with Crippen molar-refractivity contribution in [1.82, 2.24) is 5.32 Å². The lowest BCUT2D eigenvalue weighted by Gasteiger charge is -2.42. The van der Waals surface area contributed by atoms with Crippen LogP contribution in [0.5, 0.6) is 0 Å². The van der Waals surface area contributed by atoms with Gasteiger partial charge < -0.3 is 24.6 Å². The first-order valence-corrected chi connectivity index (χ1v) is 7.42. The maximum Gasteiger partial charge on any atom is 0.217 e. The Balaban J connectivity index is 2.12. The van der Waals surface area contributed by atoms with Crippen molar-refractivity contribution in [3.8, 4) is 0 Å². The minimum absolute atomic E-state index is 0.229. The smallest absolute Gasteiger partial charge is 0.217 e. The number of aliphatic hydroxyl groups is 1. The van der Waals surface area contributed by atoms with Crippen LogP contribution in [0, 0.1) is 0 Å². The molecule has 2 N–H and O–H groups in total. The molecular weight excluding hydrogens is 305 g/mol. The molecule has 1 aliphatic heterocycles. The SMILES string of the molecule is CO[C@H]1[C@H](F)[C@@H](CO)O[C@H](OCc2ccccc2)[C@@H]1NC(C)=O. The molecule has 1 aromatic rings. The van der Waals surface area contributed by atoms with Crippen molar-refractivity contribution in [3.63, 3.8) is 0 Å². The number of carbonyl (C=O) groups excluding carboxylic acids is 1.